The summed E-state index contributed by atoms with van der Waals surface area (Å²) < 4.78 is 4.61. The zero-order valence-corrected chi connectivity index (χ0v) is 57.6. The molecule has 0 N–H and O–H groups in total. The fourth-order valence-electron chi connectivity index (χ4n) is 16.9. The van der Waals surface area contributed by atoms with Crippen LogP contribution < -0.4 is 0 Å². The summed E-state index contributed by atoms with van der Waals surface area (Å²) in [6.45, 7) is 6.94. The van der Waals surface area contributed by atoms with Gasteiger partial charge in [-0.1, -0.05) is 300 Å². The number of benzene rings is 15. The first-order valence-electron chi connectivity index (χ1n) is 35.8. The summed E-state index contributed by atoms with van der Waals surface area (Å²) >= 11 is 0. The summed E-state index contributed by atoms with van der Waals surface area (Å²) in [5.74, 6) is 1.99. The number of aromatic nitrogens is 6. The standard InChI is InChI=1S/C98H66N6/c1-98(2,3)84-59-82-76-50-25-24-49-75(76)80-57-78-72-46-21-19-44-70(72)68-42-17-16-41-67(68)69-43-18-20-45-71(69)77(78)56-79(80)73-47-22-23-48-74(73)81(82)58-83(84)95-99-60-100-96(102-95)94-91(63-35-12-6-13-36-63)89(61-31-8-4-9-32-61)93(90(62-33-10-5-11-34-62)92(94)64-37-14-7-15-38-64)65-39-30-40-66(55-65)103-87-53-28-29-54-88(87)104-86-52-27-26-51-85(86)101-97(103)104/h4-60H,1-3H3. The van der Waals surface area contributed by atoms with Crippen LogP contribution in [0.5, 0.6) is 0 Å². The van der Waals surface area contributed by atoms with Gasteiger partial charge in [0.1, 0.15) is 6.33 Å². The number of nitrogens with zero attached hydrogens (tertiary/aromatic N) is 6. The third kappa shape index (κ3) is 9.63. The second-order valence-electron chi connectivity index (χ2n) is 28.3. The van der Waals surface area contributed by atoms with Crippen molar-refractivity contribution in [1.29, 1.82) is 0 Å². The van der Waals surface area contributed by atoms with Crippen molar-refractivity contribution in [3.63, 3.8) is 0 Å². The maximum absolute atomic E-state index is 5.97. The van der Waals surface area contributed by atoms with Crippen LogP contribution in [0.15, 0.2) is 346 Å². The fourth-order valence-corrected chi connectivity index (χ4v) is 16.9. The van der Waals surface area contributed by atoms with Gasteiger partial charge in [0.05, 0.1) is 22.1 Å². The van der Waals surface area contributed by atoms with E-state index in [0.29, 0.717) is 11.6 Å². The van der Waals surface area contributed by atoms with E-state index in [-0.39, 0.29) is 5.41 Å². The highest BCUT2D eigenvalue weighted by Crippen LogP contribution is 2.56. The van der Waals surface area contributed by atoms with E-state index < -0.39 is 0 Å². The molecule has 0 fully saturated rings. The van der Waals surface area contributed by atoms with Crippen LogP contribution in [-0.2, 0) is 5.41 Å². The first-order valence-corrected chi connectivity index (χ1v) is 35.8. The van der Waals surface area contributed by atoms with E-state index in [1.165, 1.54) is 59.2 Å². The van der Waals surface area contributed by atoms with Crippen LogP contribution in [0.1, 0.15) is 26.3 Å². The molecule has 0 radical (unpaired) electrons. The van der Waals surface area contributed by atoms with Crippen molar-refractivity contribution < 1.29 is 0 Å². The molecule has 20 rings (SSSR count). The van der Waals surface area contributed by atoms with Gasteiger partial charge >= 0.3 is 0 Å². The Hall–Kier alpha value is -13.4. The Balaban J connectivity index is 0.898. The zero-order valence-electron chi connectivity index (χ0n) is 57.6. The molecule has 0 spiro atoms. The van der Waals surface area contributed by atoms with E-state index in [9.17, 15) is 0 Å². The molecule has 6 nitrogen and oxygen atoms in total. The molecule has 0 atom stereocenters. The number of hydrogen-bond acceptors (Lipinski definition) is 4. The summed E-state index contributed by atoms with van der Waals surface area (Å²) in [4.78, 5) is 22.1. The zero-order chi connectivity index (χ0) is 69.2. The van der Waals surface area contributed by atoms with Gasteiger partial charge in [-0.15, -0.1) is 0 Å². The summed E-state index contributed by atoms with van der Waals surface area (Å²) in [7, 11) is 0. The van der Waals surface area contributed by atoms with Gasteiger partial charge in [0.15, 0.2) is 11.6 Å². The Morgan fingerprint density at radius 1 is 0.250 bits per heavy atom. The lowest BCUT2D eigenvalue weighted by molar-refractivity contribution is 0.592. The van der Waals surface area contributed by atoms with Crippen LogP contribution in [0.25, 0.3) is 198 Å². The molecule has 17 aromatic carbocycles. The first-order chi connectivity index (χ1) is 51.3. The van der Waals surface area contributed by atoms with E-state index in [1.54, 1.807) is 6.33 Å². The molecule has 3 aromatic heterocycles. The molecule has 0 amide bonds. The Kier molecular flexibility index (Phi) is 14.1. The second kappa shape index (κ2) is 24.2. The van der Waals surface area contributed by atoms with Crippen LogP contribution in [0, 0.1) is 0 Å². The maximum atomic E-state index is 5.97. The van der Waals surface area contributed by atoms with E-state index >= 15 is 0 Å². The molecule has 488 valence electrons. The summed E-state index contributed by atoms with van der Waals surface area (Å²) in [6.07, 6.45) is 1.75. The van der Waals surface area contributed by atoms with Gasteiger partial charge in [-0.3, -0.25) is 8.97 Å². The van der Waals surface area contributed by atoms with Gasteiger partial charge in [-0.05, 0) is 202 Å². The molecule has 0 saturated carbocycles. The Labute approximate surface area is 601 Å². The molecule has 0 saturated heterocycles. The first kappa shape index (κ1) is 60.5. The number of fused-ring (bicyclic) bond motifs is 21. The molecule has 0 aliphatic heterocycles. The number of rotatable bonds is 8. The highest BCUT2D eigenvalue weighted by molar-refractivity contribution is 6.33. The smallest absolute Gasteiger partial charge is 0.220 e. The van der Waals surface area contributed by atoms with Crippen molar-refractivity contribution in [2.45, 2.75) is 26.2 Å². The lowest BCUT2D eigenvalue weighted by Gasteiger charge is -2.28. The number of imidazole rings is 2. The third-order valence-electron chi connectivity index (χ3n) is 21.4. The minimum Gasteiger partial charge on any atom is -0.278 e. The van der Waals surface area contributed by atoms with Crippen molar-refractivity contribution in [2.75, 3.05) is 0 Å². The number of para-hydroxylation sites is 4. The van der Waals surface area contributed by atoms with Crippen LogP contribution >= 0.6 is 0 Å². The van der Waals surface area contributed by atoms with Gasteiger partial charge in [-0.2, -0.15) is 0 Å². The molecule has 0 aliphatic rings. The summed E-state index contributed by atoms with van der Waals surface area (Å²) in [6, 6.07) is 124. The molecule has 3 heterocycles. The Morgan fingerprint density at radius 3 is 1.03 bits per heavy atom. The monoisotopic (exact) mass is 1330 g/mol. The molecular weight excluding hydrogens is 1260 g/mol. The van der Waals surface area contributed by atoms with Crippen LogP contribution in [0.2, 0.25) is 0 Å². The van der Waals surface area contributed by atoms with E-state index in [1.807, 2.05) is 0 Å². The van der Waals surface area contributed by atoms with Gasteiger partial charge in [-0.25, -0.2) is 19.9 Å². The SMILES string of the molecule is CC(C)(C)c1cc2c3ccccc3c3cc4c5ccccc5c5ccccc5c5ccccc5c4cc3c3ccccc3c2cc1-c1ncnc(-c2c(-c3ccccc3)c(-c3ccccc3)c(-c3cccc(-n4c5ccccc5n5c6ccccc6nc45)c3)c(-c3ccccc3)c2-c2ccccc2)n1. The van der Waals surface area contributed by atoms with Gasteiger partial charge in [0.2, 0.25) is 5.78 Å². The Bertz CT molecular complexity index is 6890. The Morgan fingerprint density at radius 2 is 0.587 bits per heavy atom. The average molecular weight is 1330 g/mol. The van der Waals surface area contributed by atoms with Gasteiger partial charge < -0.3 is 0 Å². The predicted octanol–water partition coefficient (Wildman–Crippen LogP) is 25.9. The van der Waals surface area contributed by atoms with E-state index in [4.69, 9.17) is 19.9 Å². The average Bonchev–Trinajstić information content (AvgIpc) is 1.42. The summed E-state index contributed by atoms with van der Waals surface area (Å²) in [5, 5.41) is 18.9. The molecule has 0 bridgehead atoms. The van der Waals surface area contributed by atoms with E-state index in [2.05, 4.69) is 369 Å². The third-order valence-corrected chi connectivity index (χ3v) is 21.4. The van der Waals surface area contributed by atoms with Crippen molar-refractivity contribution in [3.8, 4) is 84.1 Å². The largest absolute Gasteiger partial charge is 0.278 e. The lowest BCUT2D eigenvalue weighted by Crippen LogP contribution is -2.14. The number of hydrogen-bond donors (Lipinski definition) is 0. The molecule has 20 aromatic rings. The van der Waals surface area contributed by atoms with Crippen molar-refractivity contribution >= 4 is 114 Å². The lowest BCUT2D eigenvalue weighted by atomic mass is 9.75. The molecule has 104 heavy (non-hydrogen) atoms. The fraction of sp³-hybridized carbons (Fsp3) is 0.0408. The molecule has 0 unspecified atom stereocenters. The highest BCUT2D eigenvalue weighted by atomic mass is 15.2. The second-order valence-corrected chi connectivity index (χ2v) is 28.3. The summed E-state index contributed by atoms with van der Waals surface area (Å²) in [5.41, 5.74) is 18.1. The highest BCUT2D eigenvalue weighted by Gasteiger charge is 2.32. The van der Waals surface area contributed by atoms with Crippen molar-refractivity contribution in [3.05, 3.63) is 352 Å². The van der Waals surface area contributed by atoms with Crippen LogP contribution in [0.3, 0.4) is 0 Å². The molecule has 0 aliphatic carbocycles. The van der Waals surface area contributed by atoms with Gasteiger partial charge in [0, 0.05) is 27.9 Å². The molecular formula is C98H66N6. The topological polar surface area (TPSA) is 60.9 Å². The van der Waals surface area contributed by atoms with Crippen LogP contribution in [-0.4, -0.2) is 28.9 Å². The normalized spacial score (nSPS) is 12.0. The van der Waals surface area contributed by atoms with Gasteiger partial charge in [0.25, 0.3) is 0 Å². The quantitative estimate of drug-likeness (QED) is 0.152. The van der Waals surface area contributed by atoms with Crippen LogP contribution in [0.4, 0.5) is 0 Å². The maximum Gasteiger partial charge on any atom is 0.220 e. The predicted molar refractivity (Wildman–Crippen MR) is 437 cm³/mol. The minimum atomic E-state index is -0.388. The molecule has 6 heteroatoms. The van der Waals surface area contributed by atoms with Crippen molar-refractivity contribution in [1.82, 2.24) is 28.9 Å². The van der Waals surface area contributed by atoms with E-state index in [0.717, 1.165) is 133 Å². The van der Waals surface area contributed by atoms with Crippen molar-refractivity contribution in [2.24, 2.45) is 0 Å². The minimum absolute atomic E-state index is 0.388.